The van der Waals surface area contributed by atoms with Gasteiger partial charge in [-0.1, -0.05) is 19.9 Å². The highest BCUT2D eigenvalue weighted by Crippen LogP contribution is 2.67. The fourth-order valence-corrected chi connectivity index (χ4v) is 7.07. The van der Waals surface area contributed by atoms with Crippen molar-refractivity contribution in [3.63, 3.8) is 0 Å². The summed E-state index contributed by atoms with van der Waals surface area (Å²) < 4.78 is 0. The summed E-state index contributed by atoms with van der Waals surface area (Å²) in [6, 6.07) is 0. The number of ketones is 1. The highest BCUT2D eigenvalue weighted by molar-refractivity contribution is 5.91. The Balaban J connectivity index is 1.47. The van der Waals surface area contributed by atoms with E-state index in [0.717, 1.165) is 24.5 Å². The third-order valence-electron chi connectivity index (χ3n) is 8.30. The molecule has 1 radical (unpaired) electrons. The number of Topliss-reactive ketones (excluding diaryl/α,β-unsaturated/α-hetero) is 1. The van der Waals surface area contributed by atoms with Crippen LogP contribution in [0.25, 0.3) is 5.57 Å². The van der Waals surface area contributed by atoms with Crippen LogP contribution in [0, 0.1) is 40.9 Å². The lowest BCUT2D eigenvalue weighted by atomic mass is 9.47. The Morgan fingerprint density at radius 3 is 2.80 bits per heavy atom. The van der Waals surface area contributed by atoms with Gasteiger partial charge in [-0.25, -0.2) is 0 Å². The second-order valence-electron chi connectivity index (χ2n) is 9.23. The molecule has 0 bridgehead atoms. The summed E-state index contributed by atoms with van der Waals surface area (Å²) in [5.74, 6) is 3.12. The number of fused-ring (bicyclic) bond motifs is 5. The monoisotopic (exact) mass is 335 g/mol. The molecule has 0 unspecified atom stereocenters. The molecule has 0 spiro atoms. The molecule has 4 aliphatic rings. The van der Waals surface area contributed by atoms with Gasteiger partial charge in [0.1, 0.15) is 5.78 Å². The quantitative estimate of drug-likeness (QED) is 0.758. The molecule has 131 valence electrons. The van der Waals surface area contributed by atoms with E-state index in [0.29, 0.717) is 23.5 Å². The Morgan fingerprint density at radius 1 is 1.12 bits per heavy atom. The maximum atomic E-state index is 12.1. The predicted molar refractivity (Wildman–Crippen MR) is 97.2 cm³/mol. The lowest BCUT2D eigenvalue weighted by Gasteiger charge is -2.57. The number of carbonyl (C=O) groups is 1. The van der Waals surface area contributed by atoms with Gasteiger partial charge in [0.2, 0.25) is 0 Å². The number of carbonyl (C=O) groups excluding carboxylic acids is 1. The zero-order valence-electron chi connectivity index (χ0n) is 15.2. The van der Waals surface area contributed by atoms with Crippen LogP contribution in [-0.4, -0.2) is 15.8 Å². The number of allylic oxidation sites excluding steroid dienone is 2. The third-order valence-corrected chi connectivity index (χ3v) is 8.30. The van der Waals surface area contributed by atoms with E-state index in [1.54, 1.807) is 6.20 Å². The summed E-state index contributed by atoms with van der Waals surface area (Å²) in [6.45, 7) is 4.84. The molecular weight excluding hydrogens is 308 g/mol. The molecule has 0 amide bonds. The summed E-state index contributed by atoms with van der Waals surface area (Å²) in [6.07, 6.45) is 17.0. The average Bonchev–Trinajstić information content (AvgIpc) is 3.10. The van der Waals surface area contributed by atoms with Crippen molar-refractivity contribution in [1.82, 2.24) is 9.97 Å². The molecule has 0 aliphatic heterocycles. The molecule has 0 aromatic carbocycles. The topological polar surface area (TPSA) is 42.9 Å². The zero-order valence-corrected chi connectivity index (χ0v) is 15.2. The van der Waals surface area contributed by atoms with E-state index < -0.39 is 0 Å². The molecule has 1 aromatic heterocycles. The first-order valence-corrected chi connectivity index (χ1v) is 9.88. The Bertz CT molecular complexity index is 742. The summed E-state index contributed by atoms with van der Waals surface area (Å²) in [4.78, 5) is 21.0. The van der Waals surface area contributed by atoms with E-state index in [1.165, 1.54) is 31.3 Å². The number of hydrogen-bond donors (Lipinski definition) is 0. The largest absolute Gasteiger partial charge is 0.299 e. The van der Waals surface area contributed by atoms with Crippen LogP contribution in [0.4, 0.5) is 0 Å². The van der Waals surface area contributed by atoms with Crippen LogP contribution in [0.3, 0.4) is 0 Å². The van der Waals surface area contributed by atoms with Gasteiger partial charge in [0.25, 0.3) is 0 Å². The summed E-state index contributed by atoms with van der Waals surface area (Å²) in [5, 5.41) is 0. The van der Waals surface area contributed by atoms with E-state index in [2.05, 4.69) is 36.3 Å². The van der Waals surface area contributed by atoms with Gasteiger partial charge in [0.15, 0.2) is 0 Å². The molecule has 6 atom stereocenters. The molecule has 3 nitrogen and oxygen atoms in total. The maximum Gasteiger partial charge on any atom is 0.137 e. The Kier molecular flexibility index (Phi) is 3.30. The summed E-state index contributed by atoms with van der Waals surface area (Å²) >= 11 is 0. The smallest absolute Gasteiger partial charge is 0.137 e. The van der Waals surface area contributed by atoms with Crippen LogP contribution in [0.5, 0.6) is 0 Å². The number of nitrogens with zero attached hydrogens (tertiary/aromatic N) is 2. The molecule has 1 aromatic rings. The fourth-order valence-electron chi connectivity index (χ4n) is 7.07. The van der Waals surface area contributed by atoms with E-state index in [1.807, 2.05) is 12.4 Å². The Labute approximate surface area is 150 Å². The van der Waals surface area contributed by atoms with E-state index in [-0.39, 0.29) is 10.8 Å². The van der Waals surface area contributed by atoms with Crippen molar-refractivity contribution >= 4 is 11.4 Å². The lowest BCUT2D eigenvalue weighted by molar-refractivity contribution is -0.115. The minimum atomic E-state index is 0.149. The normalized spacial score (nSPS) is 45.5. The van der Waals surface area contributed by atoms with Crippen molar-refractivity contribution in [3.05, 3.63) is 36.8 Å². The average molecular weight is 335 g/mol. The molecule has 0 N–H and O–H groups in total. The lowest BCUT2D eigenvalue weighted by Crippen LogP contribution is -2.50. The first-order valence-electron chi connectivity index (χ1n) is 9.88. The molecule has 3 saturated carbocycles. The highest BCUT2D eigenvalue weighted by atomic mass is 16.1. The van der Waals surface area contributed by atoms with Gasteiger partial charge < -0.3 is 0 Å². The SMILES string of the molecule is C[C@]12[CH]C(=O)C[C@@H]1CC[C@@H]1[C@@H]2CC[C@]2(C)C(c3cnccn3)=CC[C@@H]12. The van der Waals surface area contributed by atoms with Gasteiger partial charge in [-0.3, -0.25) is 14.8 Å². The summed E-state index contributed by atoms with van der Waals surface area (Å²) in [7, 11) is 0. The molecule has 1 heterocycles. The van der Waals surface area contributed by atoms with Gasteiger partial charge >= 0.3 is 0 Å². The van der Waals surface area contributed by atoms with Crippen molar-refractivity contribution in [3.8, 4) is 0 Å². The predicted octanol–water partition coefficient (Wildman–Crippen LogP) is 4.51. The second-order valence-corrected chi connectivity index (χ2v) is 9.23. The van der Waals surface area contributed by atoms with Gasteiger partial charge in [-0.15, -0.1) is 0 Å². The van der Waals surface area contributed by atoms with E-state index in [4.69, 9.17) is 0 Å². The fraction of sp³-hybridized carbons (Fsp3) is 0.636. The molecule has 4 aliphatic carbocycles. The van der Waals surface area contributed by atoms with Crippen LogP contribution in [-0.2, 0) is 4.79 Å². The van der Waals surface area contributed by atoms with Crippen LogP contribution in [0.15, 0.2) is 24.7 Å². The molecule has 3 heteroatoms. The zero-order chi connectivity index (χ0) is 17.2. The minimum Gasteiger partial charge on any atom is -0.299 e. The molecule has 25 heavy (non-hydrogen) atoms. The molecular formula is C22H27N2O. The standard InChI is InChI=1S/C22H27N2O/c1-21-8-7-18-16(4-3-14-11-15(25)12-22(14,18)2)17(21)5-6-19(21)20-13-23-9-10-24-20/h6,9-10,12-14,16-18H,3-5,7-8,11H2,1-2H3/t14-,16-,17-,18-,21-,22-/m0/s1. The molecule has 3 fully saturated rings. The third kappa shape index (κ3) is 2.07. The van der Waals surface area contributed by atoms with Crippen molar-refractivity contribution in [1.29, 1.82) is 0 Å². The minimum absolute atomic E-state index is 0.149. The number of aromatic nitrogens is 2. The number of hydrogen-bond acceptors (Lipinski definition) is 3. The Morgan fingerprint density at radius 2 is 2.00 bits per heavy atom. The van der Waals surface area contributed by atoms with Crippen molar-refractivity contribution in [2.75, 3.05) is 0 Å². The van der Waals surface area contributed by atoms with E-state index in [9.17, 15) is 4.79 Å². The molecule has 0 saturated heterocycles. The van der Waals surface area contributed by atoms with Crippen LogP contribution < -0.4 is 0 Å². The van der Waals surface area contributed by atoms with Gasteiger partial charge in [-0.2, -0.15) is 0 Å². The van der Waals surface area contributed by atoms with Crippen molar-refractivity contribution < 1.29 is 4.79 Å². The molecule has 5 rings (SSSR count). The maximum absolute atomic E-state index is 12.1. The van der Waals surface area contributed by atoms with Gasteiger partial charge in [0, 0.05) is 25.2 Å². The van der Waals surface area contributed by atoms with E-state index >= 15 is 0 Å². The number of rotatable bonds is 1. The van der Waals surface area contributed by atoms with Gasteiger partial charge in [0.05, 0.1) is 11.9 Å². The first kappa shape index (κ1) is 15.7. The van der Waals surface area contributed by atoms with Crippen LogP contribution in [0.2, 0.25) is 0 Å². The Hall–Kier alpha value is -1.51. The second kappa shape index (κ2) is 5.25. The van der Waals surface area contributed by atoms with Crippen LogP contribution >= 0.6 is 0 Å². The van der Waals surface area contributed by atoms with Crippen LogP contribution in [0.1, 0.15) is 58.1 Å². The highest BCUT2D eigenvalue weighted by Gasteiger charge is 2.60. The van der Waals surface area contributed by atoms with Crippen molar-refractivity contribution in [2.45, 2.75) is 52.4 Å². The first-order chi connectivity index (χ1) is 12.0. The summed E-state index contributed by atoms with van der Waals surface area (Å²) in [5.41, 5.74) is 2.86. The van der Waals surface area contributed by atoms with Crippen molar-refractivity contribution in [2.24, 2.45) is 34.5 Å². The van der Waals surface area contributed by atoms with Gasteiger partial charge in [-0.05, 0) is 72.2 Å².